The normalized spacial score (nSPS) is 13.3. The number of benzene rings is 1. The van der Waals surface area contributed by atoms with Crippen molar-refractivity contribution in [3.8, 4) is 0 Å². The summed E-state index contributed by atoms with van der Waals surface area (Å²) in [7, 11) is -3.47. The molecule has 0 spiro atoms. The van der Waals surface area contributed by atoms with Crippen molar-refractivity contribution in [2.75, 3.05) is 6.54 Å². The maximum atomic E-state index is 12.1. The molecule has 20 heavy (non-hydrogen) atoms. The highest BCUT2D eigenvalue weighted by Crippen LogP contribution is 2.19. The van der Waals surface area contributed by atoms with Gasteiger partial charge in [-0.15, -0.1) is 0 Å². The Labute approximate surface area is 122 Å². The molecule has 0 saturated carbocycles. The highest BCUT2D eigenvalue weighted by molar-refractivity contribution is 7.89. The highest BCUT2D eigenvalue weighted by atomic mass is 32.2. The van der Waals surface area contributed by atoms with Crippen LogP contribution in [-0.4, -0.2) is 20.1 Å². The Morgan fingerprint density at radius 1 is 1.20 bits per heavy atom. The molecule has 1 atom stereocenters. The molecular formula is C15H25NO3S. The lowest BCUT2D eigenvalue weighted by Gasteiger charge is -2.11. The van der Waals surface area contributed by atoms with Gasteiger partial charge in [0.2, 0.25) is 10.0 Å². The molecule has 0 heterocycles. The van der Waals surface area contributed by atoms with E-state index in [9.17, 15) is 13.5 Å². The molecule has 114 valence electrons. The zero-order valence-corrected chi connectivity index (χ0v) is 13.1. The molecule has 0 aromatic heterocycles. The summed E-state index contributed by atoms with van der Waals surface area (Å²) in [4.78, 5) is 0.220. The van der Waals surface area contributed by atoms with E-state index in [1.807, 2.05) is 6.92 Å². The van der Waals surface area contributed by atoms with E-state index in [1.54, 1.807) is 24.3 Å². The molecule has 1 unspecified atom stereocenters. The quantitative estimate of drug-likeness (QED) is 0.689. The van der Waals surface area contributed by atoms with Crippen molar-refractivity contribution in [1.29, 1.82) is 0 Å². The number of unbranched alkanes of at least 4 members (excludes halogenated alkanes) is 3. The second kappa shape index (κ2) is 8.39. The second-order valence-electron chi connectivity index (χ2n) is 4.95. The SMILES string of the molecule is CCCCCCNS(=O)(=O)c1cccc(C(O)CC)c1. The van der Waals surface area contributed by atoms with Crippen molar-refractivity contribution >= 4 is 10.0 Å². The van der Waals surface area contributed by atoms with Crippen LogP contribution >= 0.6 is 0 Å². The lowest BCUT2D eigenvalue weighted by molar-refractivity contribution is 0.173. The number of hydrogen-bond donors (Lipinski definition) is 2. The molecule has 1 rings (SSSR count). The number of nitrogens with one attached hydrogen (secondary N) is 1. The number of aliphatic hydroxyl groups excluding tert-OH is 1. The molecule has 0 fully saturated rings. The third kappa shape index (κ3) is 5.23. The summed E-state index contributed by atoms with van der Waals surface area (Å²) in [5.74, 6) is 0. The zero-order chi connectivity index (χ0) is 15.0. The largest absolute Gasteiger partial charge is 0.388 e. The summed E-state index contributed by atoms with van der Waals surface area (Å²) in [5.41, 5.74) is 0.640. The van der Waals surface area contributed by atoms with Crippen LogP contribution in [0.4, 0.5) is 0 Å². The van der Waals surface area contributed by atoms with E-state index < -0.39 is 16.1 Å². The van der Waals surface area contributed by atoms with Crippen molar-refractivity contribution in [3.05, 3.63) is 29.8 Å². The topological polar surface area (TPSA) is 66.4 Å². The van der Waals surface area contributed by atoms with Gasteiger partial charge < -0.3 is 5.11 Å². The predicted octanol–water partition coefficient (Wildman–Crippen LogP) is 2.99. The minimum Gasteiger partial charge on any atom is -0.388 e. The number of rotatable bonds is 9. The fraction of sp³-hybridized carbons (Fsp3) is 0.600. The molecular weight excluding hydrogens is 274 g/mol. The maximum absolute atomic E-state index is 12.1. The van der Waals surface area contributed by atoms with Crippen molar-refractivity contribution in [2.24, 2.45) is 0 Å². The Kier molecular flexibility index (Phi) is 7.19. The van der Waals surface area contributed by atoms with E-state index in [1.165, 1.54) is 0 Å². The Hall–Kier alpha value is -0.910. The van der Waals surface area contributed by atoms with Crippen LogP contribution in [0.25, 0.3) is 0 Å². The molecule has 0 amide bonds. The smallest absolute Gasteiger partial charge is 0.240 e. The van der Waals surface area contributed by atoms with Gasteiger partial charge in [0.25, 0.3) is 0 Å². The van der Waals surface area contributed by atoms with Crippen LogP contribution in [0.2, 0.25) is 0 Å². The summed E-state index contributed by atoms with van der Waals surface area (Å²) >= 11 is 0. The van der Waals surface area contributed by atoms with Gasteiger partial charge in [-0.25, -0.2) is 13.1 Å². The lowest BCUT2D eigenvalue weighted by Crippen LogP contribution is -2.25. The third-order valence-electron chi connectivity index (χ3n) is 3.26. The van der Waals surface area contributed by atoms with Crippen molar-refractivity contribution in [2.45, 2.75) is 57.0 Å². The van der Waals surface area contributed by atoms with E-state index in [0.29, 0.717) is 18.5 Å². The lowest BCUT2D eigenvalue weighted by atomic mass is 10.1. The van der Waals surface area contributed by atoms with E-state index in [0.717, 1.165) is 25.7 Å². The number of aliphatic hydroxyl groups is 1. The molecule has 0 aliphatic rings. The van der Waals surface area contributed by atoms with Crippen LogP contribution in [-0.2, 0) is 10.0 Å². The standard InChI is InChI=1S/C15H25NO3S/c1-3-5-6-7-11-16-20(18,19)14-10-8-9-13(12-14)15(17)4-2/h8-10,12,15-17H,3-7,11H2,1-2H3. The van der Waals surface area contributed by atoms with Gasteiger partial charge in [0.1, 0.15) is 0 Å². The van der Waals surface area contributed by atoms with Gasteiger partial charge in [0, 0.05) is 6.54 Å². The zero-order valence-electron chi connectivity index (χ0n) is 12.3. The Morgan fingerprint density at radius 2 is 1.95 bits per heavy atom. The molecule has 2 N–H and O–H groups in total. The molecule has 1 aromatic carbocycles. The molecule has 0 saturated heterocycles. The first-order chi connectivity index (χ1) is 9.51. The van der Waals surface area contributed by atoms with Gasteiger partial charge in [-0.1, -0.05) is 45.2 Å². The summed E-state index contributed by atoms with van der Waals surface area (Å²) < 4.78 is 26.9. The van der Waals surface area contributed by atoms with Crippen LogP contribution < -0.4 is 4.72 Å². The number of sulfonamides is 1. The van der Waals surface area contributed by atoms with Crippen molar-refractivity contribution in [3.63, 3.8) is 0 Å². The fourth-order valence-electron chi connectivity index (χ4n) is 1.97. The third-order valence-corrected chi connectivity index (χ3v) is 4.72. The van der Waals surface area contributed by atoms with E-state index in [-0.39, 0.29) is 4.90 Å². The molecule has 5 heteroatoms. The van der Waals surface area contributed by atoms with Crippen molar-refractivity contribution < 1.29 is 13.5 Å². The van der Waals surface area contributed by atoms with Crippen LogP contribution in [0.3, 0.4) is 0 Å². The monoisotopic (exact) mass is 299 g/mol. The predicted molar refractivity (Wildman–Crippen MR) is 81.0 cm³/mol. The van der Waals surface area contributed by atoms with Crippen LogP contribution in [0, 0.1) is 0 Å². The second-order valence-corrected chi connectivity index (χ2v) is 6.72. The minimum atomic E-state index is -3.47. The summed E-state index contributed by atoms with van der Waals surface area (Å²) in [6, 6.07) is 6.51. The average molecular weight is 299 g/mol. The van der Waals surface area contributed by atoms with E-state index >= 15 is 0 Å². The first kappa shape index (κ1) is 17.1. The van der Waals surface area contributed by atoms with Crippen LogP contribution in [0.5, 0.6) is 0 Å². The highest BCUT2D eigenvalue weighted by Gasteiger charge is 2.15. The summed E-state index contributed by atoms with van der Waals surface area (Å²) in [6.07, 6.45) is 4.09. The molecule has 0 bridgehead atoms. The first-order valence-electron chi connectivity index (χ1n) is 7.29. The van der Waals surface area contributed by atoms with Crippen molar-refractivity contribution in [1.82, 2.24) is 4.72 Å². The summed E-state index contributed by atoms with van der Waals surface area (Å²) in [6.45, 7) is 4.44. The molecule has 0 aliphatic carbocycles. The first-order valence-corrected chi connectivity index (χ1v) is 8.77. The van der Waals surface area contributed by atoms with Gasteiger partial charge in [-0.05, 0) is 30.5 Å². The van der Waals surface area contributed by atoms with E-state index in [4.69, 9.17) is 0 Å². The van der Waals surface area contributed by atoms with Gasteiger partial charge in [0.05, 0.1) is 11.0 Å². The molecule has 0 aliphatic heterocycles. The number of hydrogen-bond acceptors (Lipinski definition) is 3. The summed E-state index contributed by atoms with van der Waals surface area (Å²) in [5, 5.41) is 9.78. The van der Waals surface area contributed by atoms with Gasteiger partial charge >= 0.3 is 0 Å². The molecule has 4 nitrogen and oxygen atoms in total. The Balaban J connectivity index is 2.67. The molecule has 1 aromatic rings. The Morgan fingerprint density at radius 3 is 2.60 bits per heavy atom. The fourth-order valence-corrected chi connectivity index (χ4v) is 3.10. The maximum Gasteiger partial charge on any atom is 0.240 e. The van der Waals surface area contributed by atoms with E-state index in [2.05, 4.69) is 11.6 Å². The average Bonchev–Trinajstić information content (AvgIpc) is 2.46. The minimum absolute atomic E-state index is 0.220. The Bertz CT molecular complexity index is 500. The van der Waals surface area contributed by atoms with Crippen LogP contribution in [0.1, 0.15) is 57.6 Å². The van der Waals surface area contributed by atoms with Gasteiger partial charge in [-0.2, -0.15) is 0 Å². The van der Waals surface area contributed by atoms with Gasteiger partial charge in [-0.3, -0.25) is 0 Å². The molecule has 0 radical (unpaired) electrons. The van der Waals surface area contributed by atoms with Gasteiger partial charge in [0.15, 0.2) is 0 Å². The van der Waals surface area contributed by atoms with Crippen LogP contribution in [0.15, 0.2) is 29.2 Å².